The summed E-state index contributed by atoms with van der Waals surface area (Å²) >= 11 is 0. The quantitative estimate of drug-likeness (QED) is 0.632. The second-order valence-corrected chi connectivity index (χ2v) is 5.72. The number of fused-ring (bicyclic) bond motifs is 1. The molecule has 2 aromatic carbocycles. The average Bonchev–Trinajstić information content (AvgIpc) is 2.51. The topological polar surface area (TPSA) is 47.3 Å². The van der Waals surface area contributed by atoms with Crippen LogP contribution in [-0.4, -0.2) is 13.2 Å². The molecular weight excluding hydrogens is 260 g/mol. The molecule has 2 aromatic rings. The van der Waals surface area contributed by atoms with Gasteiger partial charge in [-0.15, -0.1) is 0 Å². The maximum atomic E-state index is 5.77. The highest BCUT2D eigenvalue weighted by Gasteiger charge is 2.28. The molecule has 0 saturated heterocycles. The highest BCUT2D eigenvalue weighted by molar-refractivity contribution is 5.40. The Hall–Kier alpha value is -1.84. The van der Waals surface area contributed by atoms with Crippen LogP contribution in [0.25, 0.3) is 0 Å². The second-order valence-electron chi connectivity index (χ2n) is 5.72. The van der Waals surface area contributed by atoms with Gasteiger partial charge in [-0.05, 0) is 47.9 Å². The lowest BCUT2D eigenvalue weighted by molar-refractivity contribution is 0.392. The monoisotopic (exact) mass is 282 g/mol. The summed E-state index contributed by atoms with van der Waals surface area (Å²) in [5.74, 6) is 7.33. The molecule has 0 saturated carbocycles. The van der Waals surface area contributed by atoms with Crippen LogP contribution in [0.3, 0.4) is 0 Å². The fourth-order valence-corrected chi connectivity index (χ4v) is 3.26. The largest absolute Gasteiger partial charge is 0.496 e. The summed E-state index contributed by atoms with van der Waals surface area (Å²) in [6.07, 6.45) is 3.12. The highest BCUT2D eigenvalue weighted by Crippen LogP contribution is 2.38. The minimum atomic E-state index is 0.264. The Morgan fingerprint density at radius 3 is 2.71 bits per heavy atom. The van der Waals surface area contributed by atoms with E-state index in [0.717, 1.165) is 18.6 Å². The maximum absolute atomic E-state index is 5.77. The normalized spacial score (nSPS) is 17.7. The molecule has 0 aromatic heterocycles. The van der Waals surface area contributed by atoms with Crippen molar-refractivity contribution in [3.63, 3.8) is 0 Å². The average molecular weight is 282 g/mol. The van der Waals surface area contributed by atoms with E-state index in [-0.39, 0.29) is 6.04 Å². The van der Waals surface area contributed by atoms with Crippen molar-refractivity contribution in [1.82, 2.24) is 5.43 Å². The minimum absolute atomic E-state index is 0.264. The van der Waals surface area contributed by atoms with Gasteiger partial charge >= 0.3 is 0 Å². The number of methoxy groups -OCH3 is 1. The number of hydrogen-bond donors (Lipinski definition) is 2. The number of ether oxygens (including phenoxy) is 1. The van der Waals surface area contributed by atoms with Crippen molar-refractivity contribution >= 4 is 0 Å². The van der Waals surface area contributed by atoms with Crippen LogP contribution in [-0.2, 0) is 12.8 Å². The molecule has 0 fully saturated rings. The summed E-state index contributed by atoms with van der Waals surface area (Å²) in [6, 6.07) is 17.1. The first-order chi connectivity index (χ1) is 10.3. The molecule has 3 N–H and O–H groups in total. The molecule has 0 radical (unpaired) electrons. The van der Waals surface area contributed by atoms with E-state index < -0.39 is 0 Å². The fourth-order valence-electron chi connectivity index (χ4n) is 3.26. The van der Waals surface area contributed by atoms with Crippen molar-refractivity contribution in [3.8, 4) is 5.75 Å². The summed E-state index contributed by atoms with van der Waals surface area (Å²) in [5.41, 5.74) is 7.15. The number of para-hydroxylation sites is 1. The lowest BCUT2D eigenvalue weighted by Crippen LogP contribution is -2.39. The van der Waals surface area contributed by atoms with Gasteiger partial charge in [0, 0.05) is 6.04 Å². The van der Waals surface area contributed by atoms with Crippen LogP contribution in [0.2, 0.25) is 0 Å². The van der Waals surface area contributed by atoms with E-state index in [9.17, 15) is 0 Å². The Balaban J connectivity index is 1.67. The van der Waals surface area contributed by atoms with Gasteiger partial charge in [0.2, 0.25) is 0 Å². The van der Waals surface area contributed by atoms with Gasteiger partial charge in [0.25, 0.3) is 0 Å². The van der Waals surface area contributed by atoms with Crippen LogP contribution in [0.4, 0.5) is 0 Å². The van der Waals surface area contributed by atoms with Gasteiger partial charge in [0.05, 0.1) is 7.11 Å². The van der Waals surface area contributed by atoms with E-state index in [4.69, 9.17) is 10.6 Å². The summed E-state index contributed by atoms with van der Waals surface area (Å²) in [6.45, 7) is 0. The molecule has 0 heterocycles. The molecule has 110 valence electrons. The molecule has 0 bridgehead atoms. The summed E-state index contributed by atoms with van der Waals surface area (Å²) in [4.78, 5) is 0. The number of nitrogens with one attached hydrogen (secondary N) is 1. The first-order valence-corrected chi connectivity index (χ1v) is 7.47. The standard InChI is InChI=1S/C18H22N2O/c1-21-18-9-5-3-7-14(18)11-16(20-19)12-15-10-13-6-2-4-8-17(13)15/h2-9,15-16,20H,10-12,19H2,1H3. The summed E-state index contributed by atoms with van der Waals surface area (Å²) in [7, 11) is 1.71. The van der Waals surface area contributed by atoms with Crippen molar-refractivity contribution in [2.75, 3.05) is 7.11 Å². The van der Waals surface area contributed by atoms with Crippen LogP contribution in [0.15, 0.2) is 48.5 Å². The van der Waals surface area contributed by atoms with Crippen LogP contribution < -0.4 is 16.0 Å². The van der Waals surface area contributed by atoms with E-state index in [1.165, 1.54) is 23.1 Å². The van der Waals surface area contributed by atoms with Gasteiger partial charge in [0.15, 0.2) is 0 Å². The molecule has 21 heavy (non-hydrogen) atoms. The molecule has 0 amide bonds. The minimum Gasteiger partial charge on any atom is -0.496 e. The molecule has 2 unspecified atom stereocenters. The van der Waals surface area contributed by atoms with E-state index in [2.05, 4.69) is 35.8 Å². The van der Waals surface area contributed by atoms with Crippen molar-refractivity contribution < 1.29 is 4.74 Å². The molecule has 3 heteroatoms. The fraction of sp³-hybridized carbons (Fsp3) is 0.333. The van der Waals surface area contributed by atoms with Crippen molar-refractivity contribution in [1.29, 1.82) is 0 Å². The van der Waals surface area contributed by atoms with Crippen LogP contribution in [0.1, 0.15) is 29.0 Å². The third-order valence-electron chi connectivity index (χ3n) is 4.42. The lowest BCUT2D eigenvalue weighted by atomic mass is 9.74. The van der Waals surface area contributed by atoms with Crippen molar-refractivity contribution in [2.24, 2.45) is 5.84 Å². The van der Waals surface area contributed by atoms with Gasteiger partial charge in [-0.1, -0.05) is 42.5 Å². The van der Waals surface area contributed by atoms with Gasteiger partial charge in [-0.25, -0.2) is 0 Å². The molecule has 1 aliphatic rings. The Labute approximate surface area is 126 Å². The summed E-state index contributed by atoms with van der Waals surface area (Å²) in [5, 5.41) is 0. The predicted molar refractivity (Wildman–Crippen MR) is 85.3 cm³/mol. The Bertz CT molecular complexity index is 612. The molecule has 1 aliphatic carbocycles. The number of benzene rings is 2. The number of hydrazine groups is 1. The maximum Gasteiger partial charge on any atom is 0.122 e. The van der Waals surface area contributed by atoms with E-state index in [1.807, 2.05) is 18.2 Å². The second kappa shape index (κ2) is 6.29. The van der Waals surface area contributed by atoms with E-state index in [0.29, 0.717) is 5.92 Å². The zero-order valence-corrected chi connectivity index (χ0v) is 12.4. The number of rotatable bonds is 6. The highest BCUT2D eigenvalue weighted by atomic mass is 16.5. The molecule has 3 nitrogen and oxygen atoms in total. The Morgan fingerprint density at radius 1 is 1.19 bits per heavy atom. The van der Waals surface area contributed by atoms with Gasteiger partial charge in [-0.3, -0.25) is 11.3 Å². The van der Waals surface area contributed by atoms with Gasteiger partial charge < -0.3 is 4.74 Å². The third-order valence-corrected chi connectivity index (χ3v) is 4.42. The Morgan fingerprint density at radius 2 is 1.95 bits per heavy atom. The van der Waals surface area contributed by atoms with Crippen molar-refractivity contribution in [3.05, 3.63) is 65.2 Å². The number of nitrogens with two attached hydrogens (primary N) is 1. The van der Waals surface area contributed by atoms with Crippen LogP contribution in [0.5, 0.6) is 5.75 Å². The van der Waals surface area contributed by atoms with Crippen LogP contribution >= 0.6 is 0 Å². The Kier molecular flexibility index (Phi) is 4.23. The molecule has 0 aliphatic heterocycles. The first-order valence-electron chi connectivity index (χ1n) is 7.47. The smallest absolute Gasteiger partial charge is 0.122 e. The molecule has 2 atom stereocenters. The SMILES string of the molecule is COc1ccccc1CC(CC1Cc2ccccc21)NN. The third kappa shape index (κ3) is 2.94. The zero-order chi connectivity index (χ0) is 14.7. The molecule has 3 rings (SSSR count). The van der Waals surface area contributed by atoms with Crippen molar-refractivity contribution in [2.45, 2.75) is 31.2 Å². The molecule has 0 spiro atoms. The van der Waals surface area contributed by atoms with Gasteiger partial charge in [0.1, 0.15) is 5.75 Å². The van der Waals surface area contributed by atoms with E-state index in [1.54, 1.807) is 7.11 Å². The first kappa shape index (κ1) is 14.1. The number of hydrogen-bond acceptors (Lipinski definition) is 3. The molecular formula is C18H22N2O. The zero-order valence-electron chi connectivity index (χ0n) is 12.4. The summed E-state index contributed by atoms with van der Waals surface area (Å²) < 4.78 is 5.42. The van der Waals surface area contributed by atoms with Crippen LogP contribution in [0, 0.1) is 0 Å². The predicted octanol–water partition coefficient (Wildman–Crippen LogP) is 2.80. The van der Waals surface area contributed by atoms with E-state index >= 15 is 0 Å². The van der Waals surface area contributed by atoms with Gasteiger partial charge in [-0.2, -0.15) is 0 Å². The lowest BCUT2D eigenvalue weighted by Gasteiger charge is -2.33.